The summed E-state index contributed by atoms with van der Waals surface area (Å²) in [4.78, 5) is 21.5. The molecule has 0 rings (SSSR count). The molecule has 0 fully saturated rings. The van der Waals surface area contributed by atoms with Gasteiger partial charge < -0.3 is 25.2 Å². The molecule has 7 heteroatoms. The summed E-state index contributed by atoms with van der Waals surface area (Å²) in [5, 5.41) is 14.1. The van der Waals surface area contributed by atoms with E-state index >= 15 is 0 Å². The zero-order chi connectivity index (χ0) is 13.8. The fourth-order valence-corrected chi connectivity index (χ4v) is 1.24. The van der Waals surface area contributed by atoms with Crippen molar-refractivity contribution in [3.05, 3.63) is 0 Å². The van der Waals surface area contributed by atoms with E-state index in [1.165, 1.54) is 6.92 Å². The van der Waals surface area contributed by atoms with Crippen LogP contribution in [-0.2, 0) is 19.1 Å². The minimum atomic E-state index is -1.05. The summed E-state index contributed by atoms with van der Waals surface area (Å²) in [6, 6.07) is -0.892. The third-order valence-electron chi connectivity index (χ3n) is 2.10. The molecule has 1 unspecified atom stereocenters. The van der Waals surface area contributed by atoms with Gasteiger partial charge in [0.2, 0.25) is 5.91 Å². The van der Waals surface area contributed by atoms with E-state index in [-0.39, 0.29) is 12.5 Å². The van der Waals surface area contributed by atoms with Crippen LogP contribution in [0.5, 0.6) is 0 Å². The summed E-state index contributed by atoms with van der Waals surface area (Å²) in [6.07, 6.45) is 0.774. The molecule has 0 aliphatic heterocycles. The second-order valence-electron chi connectivity index (χ2n) is 3.75. The number of aliphatic carboxylic acids is 1. The van der Waals surface area contributed by atoms with Gasteiger partial charge in [0.05, 0.1) is 13.2 Å². The highest BCUT2D eigenvalue weighted by Gasteiger charge is 2.17. The molecule has 0 aromatic rings. The Morgan fingerprint density at radius 3 is 2.56 bits per heavy atom. The van der Waals surface area contributed by atoms with Gasteiger partial charge >= 0.3 is 5.97 Å². The van der Waals surface area contributed by atoms with Crippen molar-refractivity contribution in [2.75, 3.05) is 40.0 Å². The maximum atomic E-state index is 10.8. The molecule has 0 spiro atoms. The van der Waals surface area contributed by atoms with E-state index in [0.717, 1.165) is 6.42 Å². The predicted octanol–water partition coefficient (Wildman–Crippen LogP) is -0.782. The van der Waals surface area contributed by atoms with E-state index in [4.69, 9.17) is 14.6 Å². The molecule has 0 saturated heterocycles. The van der Waals surface area contributed by atoms with Gasteiger partial charge in [0.15, 0.2) is 0 Å². The van der Waals surface area contributed by atoms with Crippen molar-refractivity contribution in [2.24, 2.45) is 0 Å². The number of methoxy groups -OCH3 is 1. The van der Waals surface area contributed by atoms with Crippen LogP contribution in [0.4, 0.5) is 0 Å². The molecular weight excluding hydrogens is 240 g/mol. The lowest BCUT2D eigenvalue weighted by Gasteiger charge is -2.14. The maximum Gasteiger partial charge on any atom is 0.327 e. The van der Waals surface area contributed by atoms with Gasteiger partial charge in [-0.1, -0.05) is 0 Å². The Labute approximate surface area is 107 Å². The van der Waals surface area contributed by atoms with Crippen LogP contribution >= 0.6 is 0 Å². The number of amides is 1. The number of hydrogen-bond acceptors (Lipinski definition) is 5. The first-order valence-electron chi connectivity index (χ1n) is 5.85. The minimum Gasteiger partial charge on any atom is -0.480 e. The first-order valence-corrected chi connectivity index (χ1v) is 5.85. The van der Waals surface area contributed by atoms with E-state index in [1.807, 2.05) is 0 Å². The molecule has 1 atom stereocenters. The van der Waals surface area contributed by atoms with E-state index in [1.54, 1.807) is 7.11 Å². The fraction of sp³-hybridized carbons (Fsp3) is 0.818. The Morgan fingerprint density at radius 2 is 2.00 bits per heavy atom. The number of carbonyl (C=O) groups excluding carboxylic acids is 1. The van der Waals surface area contributed by atoms with Crippen LogP contribution in [-0.4, -0.2) is 63.0 Å². The van der Waals surface area contributed by atoms with Gasteiger partial charge in [0.1, 0.15) is 6.04 Å². The fourth-order valence-electron chi connectivity index (χ4n) is 1.24. The van der Waals surface area contributed by atoms with E-state index in [0.29, 0.717) is 26.4 Å². The molecule has 1 amide bonds. The van der Waals surface area contributed by atoms with Crippen LogP contribution in [0.2, 0.25) is 0 Å². The molecule has 0 bridgehead atoms. The molecule has 106 valence electrons. The number of ether oxygens (including phenoxy) is 2. The standard InChI is InChI=1S/C11H22N2O5/c1-9(14)13-10(11(15)16)8-12-4-3-5-18-7-6-17-2/h10,12H,3-8H2,1-2H3,(H,13,14)(H,15,16). The smallest absolute Gasteiger partial charge is 0.327 e. The van der Waals surface area contributed by atoms with Crippen LogP contribution in [0.3, 0.4) is 0 Å². The van der Waals surface area contributed by atoms with Gasteiger partial charge in [-0.3, -0.25) is 4.79 Å². The number of nitrogens with one attached hydrogen (secondary N) is 2. The van der Waals surface area contributed by atoms with Gasteiger partial charge in [-0.15, -0.1) is 0 Å². The second kappa shape index (κ2) is 10.9. The minimum absolute atomic E-state index is 0.201. The molecule has 7 nitrogen and oxygen atoms in total. The molecular formula is C11H22N2O5. The van der Waals surface area contributed by atoms with Crippen molar-refractivity contribution < 1.29 is 24.2 Å². The third-order valence-corrected chi connectivity index (χ3v) is 2.10. The predicted molar refractivity (Wildman–Crippen MR) is 65.4 cm³/mol. The molecule has 18 heavy (non-hydrogen) atoms. The maximum absolute atomic E-state index is 10.8. The van der Waals surface area contributed by atoms with E-state index in [9.17, 15) is 9.59 Å². The zero-order valence-electron chi connectivity index (χ0n) is 10.9. The Bertz CT molecular complexity index is 248. The van der Waals surface area contributed by atoms with Gasteiger partial charge in [-0.2, -0.15) is 0 Å². The highest BCUT2D eigenvalue weighted by Crippen LogP contribution is 1.85. The molecule has 0 saturated carbocycles. The van der Waals surface area contributed by atoms with Crippen molar-refractivity contribution in [1.29, 1.82) is 0 Å². The lowest BCUT2D eigenvalue weighted by molar-refractivity contribution is -0.141. The Morgan fingerprint density at radius 1 is 1.28 bits per heavy atom. The summed E-state index contributed by atoms with van der Waals surface area (Å²) in [6.45, 7) is 3.84. The highest BCUT2D eigenvalue weighted by molar-refractivity contribution is 5.82. The first-order chi connectivity index (χ1) is 8.57. The molecule has 0 aromatic heterocycles. The average Bonchev–Trinajstić information content (AvgIpc) is 2.30. The highest BCUT2D eigenvalue weighted by atomic mass is 16.5. The first kappa shape index (κ1) is 16.8. The van der Waals surface area contributed by atoms with Crippen LogP contribution in [0, 0.1) is 0 Å². The van der Waals surface area contributed by atoms with Gasteiger partial charge in [-0.05, 0) is 13.0 Å². The summed E-state index contributed by atoms with van der Waals surface area (Å²) < 4.78 is 10.1. The van der Waals surface area contributed by atoms with E-state index in [2.05, 4.69) is 10.6 Å². The Balaban J connectivity index is 3.49. The topological polar surface area (TPSA) is 96.9 Å². The third kappa shape index (κ3) is 10.0. The average molecular weight is 262 g/mol. The SMILES string of the molecule is COCCOCCCNCC(NC(C)=O)C(=O)O. The van der Waals surface area contributed by atoms with Crippen LogP contribution in [0.25, 0.3) is 0 Å². The largest absolute Gasteiger partial charge is 0.480 e. The van der Waals surface area contributed by atoms with Gasteiger partial charge in [0.25, 0.3) is 0 Å². The summed E-state index contributed by atoms with van der Waals surface area (Å²) in [5.74, 6) is -1.40. The number of carboxylic acids is 1. The lowest BCUT2D eigenvalue weighted by Crippen LogP contribution is -2.46. The molecule has 0 aromatic carbocycles. The van der Waals surface area contributed by atoms with Crippen LogP contribution in [0.1, 0.15) is 13.3 Å². The molecule has 0 aliphatic carbocycles. The molecule has 0 aliphatic rings. The lowest BCUT2D eigenvalue weighted by atomic mass is 10.3. The van der Waals surface area contributed by atoms with Gasteiger partial charge in [-0.25, -0.2) is 4.79 Å². The molecule has 0 heterocycles. The van der Waals surface area contributed by atoms with Crippen LogP contribution in [0.15, 0.2) is 0 Å². The zero-order valence-corrected chi connectivity index (χ0v) is 10.9. The number of carboxylic acid groups (broad SMARTS) is 1. The molecule has 3 N–H and O–H groups in total. The van der Waals surface area contributed by atoms with Crippen molar-refractivity contribution >= 4 is 11.9 Å². The van der Waals surface area contributed by atoms with E-state index < -0.39 is 12.0 Å². The van der Waals surface area contributed by atoms with Crippen molar-refractivity contribution in [3.8, 4) is 0 Å². The normalized spacial score (nSPS) is 12.1. The number of carbonyl (C=O) groups is 2. The van der Waals surface area contributed by atoms with Crippen molar-refractivity contribution in [3.63, 3.8) is 0 Å². The summed E-state index contributed by atoms with van der Waals surface area (Å²) in [7, 11) is 1.61. The van der Waals surface area contributed by atoms with Crippen LogP contribution < -0.4 is 10.6 Å². The molecule has 0 radical (unpaired) electrons. The number of rotatable bonds is 11. The quantitative estimate of drug-likeness (QED) is 0.423. The monoisotopic (exact) mass is 262 g/mol. The Kier molecular flexibility index (Phi) is 10.2. The second-order valence-corrected chi connectivity index (χ2v) is 3.75. The summed E-state index contributed by atoms with van der Waals surface area (Å²) >= 11 is 0. The van der Waals surface area contributed by atoms with Crippen molar-refractivity contribution in [1.82, 2.24) is 10.6 Å². The Hall–Kier alpha value is -1.18. The summed E-state index contributed by atoms with van der Waals surface area (Å²) in [5.41, 5.74) is 0. The van der Waals surface area contributed by atoms with Gasteiger partial charge in [0, 0.05) is 27.2 Å². The van der Waals surface area contributed by atoms with Crippen molar-refractivity contribution in [2.45, 2.75) is 19.4 Å². The number of hydrogen-bond donors (Lipinski definition) is 3.